The molecule has 2 N–H and O–H groups in total. The fourth-order valence-corrected chi connectivity index (χ4v) is 2.24. The van der Waals surface area contributed by atoms with E-state index in [0.717, 1.165) is 5.39 Å². The smallest absolute Gasteiger partial charge is 0.0844 e. The van der Waals surface area contributed by atoms with Crippen molar-refractivity contribution in [3.63, 3.8) is 0 Å². The minimum Gasteiger partial charge on any atom is -0.331 e. The number of rotatable bonds is 2. The van der Waals surface area contributed by atoms with E-state index in [2.05, 4.69) is 27.8 Å². The lowest BCUT2D eigenvalue weighted by Gasteiger charge is -2.13. The van der Waals surface area contributed by atoms with Crippen molar-refractivity contribution in [2.75, 3.05) is 0 Å². The molecule has 3 aromatic rings. The standard InChI is InChI=1S/C14H14N3/c1-2-13(15)17-8-6-10-3-4-11-9-16-7-5-12(11)14(10)17/h2-9,13H,15H2,1H3. The molecule has 3 rings (SSSR count). The molecule has 2 heterocycles. The fraction of sp³-hybridized carbons (Fsp3) is 0.143. The van der Waals surface area contributed by atoms with Crippen LogP contribution in [0.15, 0.2) is 42.9 Å². The molecule has 0 aliphatic heterocycles. The predicted molar refractivity (Wildman–Crippen MR) is 70.4 cm³/mol. The Morgan fingerprint density at radius 3 is 2.88 bits per heavy atom. The largest absolute Gasteiger partial charge is 0.331 e. The Kier molecular flexibility index (Phi) is 2.34. The minimum absolute atomic E-state index is 0.0914. The van der Waals surface area contributed by atoms with E-state index in [4.69, 9.17) is 5.73 Å². The monoisotopic (exact) mass is 224 g/mol. The summed E-state index contributed by atoms with van der Waals surface area (Å²) < 4.78 is 2.09. The van der Waals surface area contributed by atoms with Gasteiger partial charge in [-0.25, -0.2) is 0 Å². The first-order valence-corrected chi connectivity index (χ1v) is 5.69. The third kappa shape index (κ3) is 1.51. The first-order valence-electron chi connectivity index (χ1n) is 5.69. The van der Waals surface area contributed by atoms with Crippen LogP contribution in [0.5, 0.6) is 0 Å². The summed E-state index contributed by atoms with van der Waals surface area (Å²) in [7, 11) is 0. The Labute approximate surface area is 99.9 Å². The van der Waals surface area contributed by atoms with E-state index < -0.39 is 0 Å². The molecule has 0 bridgehead atoms. The third-order valence-electron chi connectivity index (χ3n) is 3.16. The van der Waals surface area contributed by atoms with Crippen LogP contribution in [0, 0.1) is 6.42 Å². The predicted octanol–water partition coefficient (Wildman–Crippen LogP) is 2.87. The van der Waals surface area contributed by atoms with Crippen molar-refractivity contribution in [3.8, 4) is 0 Å². The number of benzene rings is 1. The van der Waals surface area contributed by atoms with Gasteiger partial charge in [-0.3, -0.25) is 4.98 Å². The van der Waals surface area contributed by atoms with Crippen LogP contribution >= 0.6 is 0 Å². The molecule has 0 fully saturated rings. The van der Waals surface area contributed by atoms with Crippen molar-refractivity contribution in [2.45, 2.75) is 13.1 Å². The molecule has 85 valence electrons. The van der Waals surface area contributed by atoms with E-state index in [1.54, 1.807) is 0 Å². The molecule has 0 amide bonds. The van der Waals surface area contributed by atoms with Crippen molar-refractivity contribution in [1.29, 1.82) is 0 Å². The average Bonchev–Trinajstić information content (AvgIpc) is 2.82. The molecule has 1 unspecified atom stereocenters. The summed E-state index contributed by atoms with van der Waals surface area (Å²) in [5.74, 6) is 0. The Bertz CT molecular complexity index is 669. The molecule has 0 saturated carbocycles. The molecular formula is C14H14N3. The van der Waals surface area contributed by atoms with Crippen molar-refractivity contribution >= 4 is 21.7 Å². The van der Waals surface area contributed by atoms with E-state index in [9.17, 15) is 0 Å². The van der Waals surface area contributed by atoms with Crippen molar-refractivity contribution in [2.24, 2.45) is 5.73 Å². The van der Waals surface area contributed by atoms with Gasteiger partial charge in [0.25, 0.3) is 0 Å². The van der Waals surface area contributed by atoms with Crippen LogP contribution in [0.25, 0.3) is 21.7 Å². The molecule has 1 radical (unpaired) electrons. The maximum Gasteiger partial charge on any atom is 0.0844 e. The maximum atomic E-state index is 6.09. The minimum atomic E-state index is -0.0914. The van der Waals surface area contributed by atoms with Gasteiger partial charge in [0.05, 0.1) is 11.7 Å². The van der Waals surface area contributed by atoms with Gasteiger partial charge in [-0.15, -0.1) is 0 Å². The molecule has 1 aromatic carbocycles. The number of nitrogens with two attached hydrogens (primary N) is 1. The summed E-state index contributed by atoms with van der Waals surface area (Å²) in [5, 5.41) is 3.55. The summed E-state index contributed by atoms with van der Waals surface area (Å²) in [5.41, 5.74) is 7.26. The van der Waals surface area contributed by atoms with E-state index in [0.29, 0.717) is 0 Å². The van der Waals surface area contributed by atoms with Crippen LogP contribution in [0.2, 0.25) is 0 Å². The fourth-order valence-electron chi connectivity index (χ4n) is 2.24. The third-order valence-corrected chi connectivity index (χ3v) is 3.16. The van der Waals surface area contributed by atoms with Gasteiger partial charge in [0, 0.05) is 34.7 Å². The summed E-state index contributed by atoms with van der Waals surface area (Å²) >= 11 is 0. The van der Waals surface area contributed by atoms with Gasteiger partial charge < -0.3 is 10.3 Å². The number of pyridine rings is 1. The molecular weight excluding hydrogens is 210 g/mol. The van der Waals surface area contributed by atoms with Crippen molar-refractivity contribution < 1.29 is 0 Å². The summed E-state index contributed by atoms with van der Waals surface area (Å²) in [6.45, 7) is 1.98. The highest BCUT2D eigenvalue weighted by Gasteiger charge is 2.09. The first-order chi connectivity index (χ1) is 8.31. The van der Waals surface area contributed by atoms with E-state index >= 15 is 0 Å². The summed E-state index contributed by atoms with van der Waals surface area (Å²) in [6, 6.07) is 8.34. The van der Waals surface area contributed by atoms with Gasteiger partial charge in [0.1, 0.15) is 0 Å². The summed E-state index contributed by atoms with van der Waals surface area (Å²) in [6.07, 6.45) is 7.63. The molecule has 2 aromatic heterocycles. The molecule has 0 aliphatic carbocycles. The maximum absolute atomic E-state index is 6.09. The Morgan fingerprint density at radius 2 is 2.06 bits per heavy atom. The van der Waals surface area contributed by atoms with Gasteiger partial charge in [-0.05, 0) is 18.6 Å². The number of fused-ring (bicyclic) bond motifs is 3. The zero-order valence-corrected chi connectivity index (χ0v) is 9.67. The molecule has 0 spiro atoms. The SMILES string of the molecule is C[CH]C(N)n1ccc2ccc3cnccc3c21. The second-order valence-corrected chi connectivity index (χ2v) is 4.15. The average molecular weight is 224 g/mol. The number of aromatic nitrogens is 2. The summed E-state index contributed by atoms with van der Waals surface area (Å²) in [4.78, 5) is 4.15. The van der Waals surface area contributed by atoms with Crippen LogP contribution in [-0.4, -0.2) is 9.55 Å². The zero-order valence-electron chi connectivity index (χ0n) is 9.67. The van der Waals surface area contributed by atoms with Crippen LogP contribution in [0.3, 0.4) is 0 Å². The highest BCUT2D eigenvalue weighted by molar-refractivity contribution is 6.05. The van der Waals surface area contributed by atoms with Crippen LogP contribution in [0.1, 0.15) is 13.1 Å². The van der Waals surface area contributed by atoms with Gasteiger partial charge >= 0.3 is 0 Å². The van der Waals surface area contributed by atoms with Crippen LogP contribution in [-0.2, 0) is 0 Å². The Hall–Kier alpha value is -1.87. The lowest BCUT2D eigenvalue weighted by molar-refractivity contribution is 0.614. The molecule has 3 heteroatoms. The first kappa shape index (κ1) is 10.3. The normalized spacial score (nSPS) is 13.3. The van der Waals surface area contributed by atoms with E-state index in [1.165, 1.54) is 16.3 Å². The Balaban J connectivity index is 2.42. The molecule has 3 nitrogen and oxygen atoms in total. The van der Waals surface area contributed by atoms with Crippen molar-refractivity contribution in [1.82, 2.24) is 9.55 Å². The molecule has 1 atom stereocenters. The van der Waals surface area contributed by atoms with Crippen LogP contribution < -0.4 is 5.73 Å². The van der Waals surface area contributed by atoms with Gasteiger partial charge in [0.15, 0.2) is 0 Å². The number of nitrogens with zero attached hydrogens (tertiary/aromatic N) is 2. The van der Waals surface area contributed by atoms with E-state index in [-0.39, 0.29) is 6.17 Å². The van der Waals surface area contributed by atoms with E-state index in [1.807, 2.05) is 38.0 Å². The van der Waals surface area contributed by atoms with Gasteiger partial charge in [0.2, 0.25) is 0 Å². The quantitative estimate of drug-likeness (QED) is 0.727. The highest BCUT2D eigenvalue weighted by Crippen LogP contribution is 2.27. The second kappa shape index (κ2) is 3.86. The molecule has 0 saturated heterocycles. The number of hydrogen-bond donors (Lipinski definition) is 1. The lowest BCUT2D eigenvalue weighted by atomic mass is 10.1. The molecule has 0 aliphatic rings. The van der Waals surface area contributed by atoms with Gasteiger partial charge in [-0.2, -0.15) is 0 Å². The second-order valence-electron chi connectivity index (χ2n) is 4.15. The highest BCUT2D eigenvalue weighted by atomic mass is 15.1. The van der Waals surface area contributed by atoms with Crippen LogP contribution in [0.4, 0.5) is 0 Å². The van der Waals surface area contributed by atoms with Gasteiger partial charge in [-0.1, -0.05) is 19.1 Å². The Morgan fingerprint density at radius 1 is 1.24 bits per heavy atom. The lowest BCUT2D eigenvalue weighted by Crippen LogP contribution is -2.16. The van der Waals surface area contributed by atoms with Crippen molar-refractivity contribution in [3.05, 3.63) is 49.3 Å². The molecule has 17 heavy (non-hydrogen) atoms. The zero-order chi connectivity index (χ0) is 11.8. The topological polar surface area (TPSA) is 43.8 Å². The number of hydrogen-bond acceptors (Lipinski definition) is 2.